The first kappa shape index (κ1) is 23.4. The Balaban J connectivity index is 2.04. The van der Waals surface area contributed by atoms with E-state index in [1.165, 1.54) is 7.11 Å². The van der Waals surface area contributed by atoms with Gasteiger partial charge in [-0.05, 0) is 37.6 Å². The molecule has 0 bridgehead atoms. The maximum absolute atomic E-state index is 12.7. The molecule has 162 valence electrons. The van der Waals surface area contributed by atoms with E-state index in [4.69, 9.17) is 9.47 Å². The van der Waals surface area contributed by atoms with Crippen molar-refractivity contribution in [1.82, 2.24) is 5.32 Å². The number of rotatable bonds is 12. The highest BCUT2D eigenvalue weighted by atomic mass is 16.5. The molecule has 2 aromatic rings. The maximum atomic E-state index is 12.7. The van der Waals surface area contributed by atoms with Gasteiger partial charge in [0, 0.05) is 25.0 Å². The van der Waals surface area contributed by atoms with Crippen LogP contribution in [-0.2, 0) is 19.1 Å². The zero-order valence-corrected chi connectivity index (χ0v) is 18.0. The summed E-state index contributed by atoms with van der Waals surface area (Å²) < 4.78 is 15.8. The summed E-state index contributed by atoms with van der Waals surface area (Å²) in [7, 11) is 2.99. The Hall–Kier alpha value is -2.86. The number of allylic oxidation sites excluding steroid dienone is 1. The van der Waals surface area contributed by atoms with Crippen molar-refractivity contribution < 1.29 is 23.8 Å². The first-order chi connectivity index (χ1) is 14.5. The molecule has 0 fully saturated rings. The van der Waals surface area contributed by atoms with Crippen LogP contribution >= 0.6 is 0 Å². The van der Waals surface area contributed by atoms with Gasteiger partial charge in [0.2, 0.25) is 0 Å². The predicted octanol–water partition coefficient (Wildman–Crippen LogP) is 4.03. The Morgan fingerprint density at radius 2 is 1.83 bits per heavy atom. The van der Waals surface area contributed by atoms with E-state index in [0.717, 1.165) is 22.9 Å². The molecule has 2 rings (SSSR count). The Bertz CT molecular complexity index is 856. The minimum Gasteiger partial charge on any atom is -0.488 e. The lowest BCUT2D eigenvalue weighted by Gasteiger charge is -2.16. The molecule has 6 nitrogen and oxygen atoms in total. The number of methoxy groups -OCH3 is 2. The van der Waals surface area contributed by atoms with E-state index >= 15 is 0 Å². The van der Waals surface area contributed by atoms with Gasteiger partial charge in [-0.15, -0.1) is 0 Å². The summed E-state index contributed by atoms with van der Waals surface area (Å²) in [6.07, 6.45) is 4.44. The largest absolute Gasteiger partial charge is 0.488 e. The van der Waals surface area contributed by atoms with E-state index in [0.29, 0.717) is 31.4 Å². The van der Waals surface area contributed by atoms with Crippen molar-refractivity contribution in [3.63, 3.8) is 0 Å². The molecule has 1 amide bonds. The summed E-state index contributed by atoms with van der Waals surface area (Å²) in [6.45, 7) is 2.49. The quantitative estimate of drug-likeness (QED) is 0.323. The molecule has 1 N–H and O–H groups in total. The lowest BCUT2D eigenvalue weighted by molar-refractivity contribution is -0.140. The molecular formula is C24H31NO5. The fourth-order valence-electron chi connectivity index (χ4n) is 3.09. The normalized spacial score (nSPS) is 12.4. The summed E-state index contributed by atoms with van der Waals surface area (Å²) >= 11 is 0. The molecular weight excluding hydrogens is 382 g/mol. The molecule has 0 aliphatic heterocycles. The highest BCUT2D eigenvalue weighted by molar-refractivity contribution is 5.94. The number of ether oxygens (including phenoxy) is 3. The lowest BCUT2D eigenvalue weighted by Crippen LogP contribution is -2.37. The highest BCUT2D eigenvalue weighted by Gasteiger charge is 2.14. The van der Waals surface area contributed by atoms with Gasteiger partial charge in [-0.2, -0.15) is 0 Å². The van der Waals surface area contributed by atoms with Crippen LogP contribution in [0.1, 0.15) is 32.6 Å². The van der Waals surface area contributed by atoms with Crippen molar-refractivity contribution in [1.29, 1.82) is 0 Å². The van der Waals surface area contributed by atoms with Gasteiger partial charge in [-0.3, -0.25) is 9.59 Å². The van der Waals surface area contributed by atoms with E-state index in [1.807, 2.05) is 55.5 Å². The third-order valence-electron chi connectivity index (χ3n) is 4.67. The molecule has 0 aliphatic rings. The molecule has 1 unspecified atom stereocenters. The molecule has 0 radical (unpaired) electrons. The summed E-state index contributed by atoms with van der Waals surface area (Å²) in [6, 6.07) is 13.7. The zero-order chi connectivity index (χ0) is 21.8. The highest BCUT2D eigenvalue weighted by Crippen LogP contribution is 2.25. The molecule has 1 atom stereocenters. The van der Waals surface area contributed by atoms with Gasteiger partial charge in [-0.1, -0.05) is 42.5 Å². The number of hydrogen-bond acceptors (Lipinski definition) is 5. The second kappa shape index (κ2) is 12.6. The number of fused-ring (bicyclic) bond motifs is 1. The Labute approximate surface area is 178 Å². The van der Waals surface area contributed by atoms with Crippen LogP contribution in [0.15, 0.2) is 54.1 Å². The number of amides is 1. The Morgan fingerprint density at radius 3 is 2.60 bits per heavy atom. The van der Waals surface area contributed by atoms with Gasteiger partial charge in [-0.25, -0.2) is 0 Å². The smallest absolute Gasteiger partial charge is 0.305 e. The van der Waals surface area contributed by atoms with Gasteiger partial charge in [0.05, 0.1) is 19.3 Å². The number of unbranched alkanes of at least 4 members (excludes halogenated alkanes) is 2. The fraction of sp³-hybridized carbons (Fsp3) is 0.417. The van der Waals surface area contributed by atoms with Crippen molar-refractivity contribution in [3.8, 4) is 5.75 Å². The van der Waals surface area contributed by atoms with E-state index in [-0.39, 0.29) is 24.5 Å². The first-order valence-corrected chi connectivity index (χ1v) is 10.2. The van der Waals surface area contributed by atoms with Gasteiger partial charge < -0.3 is 19.5 Å². The minimum atomic E-state index is -0.218. The second-order valence-corrected chi connectivity index (χ2v) is 7.15. The summed E-state index contributed by atoms with van der Waals surface area (Å²) in [5, 5.41) is 5.03. The summed E-state index contributed by atoms with van der Waals surface area (Å²) in [5.74, 6) is 0.347. The second-order valence-electron chi connectivity index (χ2n) is 7.15. The molecule has 0 saturated carbocycles. The Morgan fingerprint density at radius 1 is 1.07 bits per heavy atom. The zero-order valence-electron chi connectivity index (χ0n) is 18.0. The van der Waals surface area contributed by atoms with Gasteiger partial charge >= 0.3 is 5.97 Å². The van der Waals surface area contributed by atoms with Gasteiger partial charge in [0.1, 0.15) is 12.4 Å². The lowest BCUT2D eigenvalue weighted by atomic mass is 10.1. The van der Waals surface area contributed by atoms with Crippen LogP contribution in [0.2, 0.25) is 0 Å². The molecule has 2 aromatic carbocycles. The first-order valence-electron chi connectivity index (χ1n) is 10.2. The van der Waals surface area contributed by atoms with Crippen molar-refractivity contribution in [2.24, 2.45) is 0 Å². The van der Waals surface area contributed by atoms with Crippen LogP contribution in [0.4, 0.5) is 0 Å². The molecule has 0 spiro atoms. The van der Waals surface area contributed by atoms with Gasteiger partial charge in [0.25, 0.3) is 5.91 Å². The van der Waals surface area contributed by atoms with E-state index in [9.17, 15) is 9.59 Å². The third-order valence-corrected chi connectivity index (χ3v) is 4.67. The van der Waals surface area contributed by atoms with Crippen LogP contribution in [0.3, 0.4) is 0 Å². The summed E-state index contributed by atoms with van der Waals surface area (Å²) in [5.41, 5.74) is 0.559. The maximum Gasteiger partial charge on any atom is 0.305 e. The van der Waals surface area contributed by atoms with Crippen LogP contribution in [0.25, 0.3) is 10.8 Å². The molecule has 0 aliphatic carbocycles. The number of esters is 1. The van der Waals surface area contributed by atoms with Crippen molar-refractivity contribution in [3.05, 3.63) is 54.1 Å². The number of nitrogens with one attached hydrogen (secondary N) is 1. The van der Waals surface area contributed by atoms with Crippen molar-refractivity contribution in [2.45, 2.75) is 38.6 Å². The third kappa shape index (κ3) is 7.52. The van der Waals surface area contributed by atoms with E-state index in [1.54, 1.807) is 7.11 Å². The molecule has 0 saturated heterocycles. The van der Waals surface area contributed by atoms with Crippen LogP contribution in [0, 0.1) is 0 Å². The monoisotopic (exact) mass is 413 g/mol. The average molecular weight is 414 g/mol. The SMILES string of the molecule is COCC(C)NC(=O)C(=CCCCCC(=O)OC)COc1cccc2ccccc12. The molecule has 0 heterocycles. The summed E-state index contributed by atoms with van der Waals surface area (Å²) in [4.78, 5) is 24.0. The van der Waals surface area contributed by atoms with Crippen LogP contribution in [-0.4, -0.2) is 45.4 Å². The number of hydrogen-bond donors (Lipinski definition) is 1. The standard InChI is InChI=1S/C24H31NO5/c1-18(16-28-2)25-24(27)20(11-5-4-6-15-23(26)29-3)17-30-22-14-9-12-19-10-7-8-13-21(19)22/h7-14,18H,4-6,15-17H2,1-3H3,(H,25,27). The number of carbonyl (C=O) groups is 2. The predicted molar refractivity (Wildman–Crippen MR) is 117 cm³/mol. The fourth-order valence-corrected chi connectivity index (χ4v) is 3.09. The average Bonchev–Trinajstić information content (AvgIpc) is 2.75. The van der Waals surface area contributed by atoms with Crippen LogP contribution in [0.5, 0.6) is 5.75 Å². The minimum absolute atomic E-state index is 0.109. The van der Waals surface area contributed by atoms with Gasteiger partial charge in [0.15, 0.2) is 0 Å². The molecule has 30 heavy (non-hydrogen) atoms. The molecule has 0 aromatic heterocycles. The van der Waals surface area contributed by atoms with E-state index < -0.39 is 0 Å². The number of carbonyl (C=O) groups excluding carboxylic acids is 2. The molecule has 6 heteroatoms. The van der Waals surface area contributed by atoms with Crippen molar-refractivity contribution >= 4 is 22.6 Å². The number of benzene rings is 2. The van der Waals surface area contributed by atoms with E-state index in [2.05, 4.69) is 10.1 Å². The Kier molecular flexibility index (Phi) is 9.87. The van der Waals surface area contributed by atoms with Crippen molar-refractivity contribution in [2.75, 3.05) is 27.4 Å². The topological polar surface area (TPSA) is 73.9 Å². The van der Waals surface area contributed by atoms with Crippen LogP contribution < -0.4 is 10.1 Å².